The van der Waals surface area contributed by atoms with Crippen LogP contribution >= 0.6 is 0 Å². The smallest absolute Gasteiger partial charge is 0.189 e. The lowest BCUT2D eigenvalue weighted by Crippen LogP contribution is -2.12. The van der Waals surface area contributed by atoms with Crippen molar-refractivity contribution >= 4 is 0 Å². The number of aromatic nitrogens is 3. The van der Waals surface area contributed by atoms with Crippen molar-refractivity contribution in [3.05, 3.63) is 35.7 Å². The van der Waals surface area contributed by atoms with E-state index >= 15 is 0 Å². The van der Waals surface area contributed by atoms with Gasteiger partial charge in [0.05, 0.1) is 6.61 Å². The highest BCUT2D eigenvalue weighted by Crippen LogP contribution is 2.19. The molecule has 22 heavy (non-hydrogen) atoms. The van der Waals surface area contributed by atoms with Gasteiger partial charge in [-0.1, -0.05) is 19.1 Å². The first kappa shape index (κ1) is 15.8. The van der Waals surface area contributed by atoms with Crippen LogP contribution in [0.25, 0.3) is 0 Å². The average molecular weight is 300 g/mol. The Morgan fingerprint density at radius 3 is 2.36 bits per heavy atom. The molecule has 2 aromatic rings. The van der Waals surface area contributed by atoms with Gasteiger partial charge >= 0.3 is 0 Å². The maximum atomic E-state index is 9.12. The van der Waals surface area contributed by atoms with Crippen LogP contribution in [-0.2, 0) is 13.2 Å². The molecule has 6 heteroatoms. The van der Waals surface area contributed by atoms with Crippen molar-refractivity contribution < 1.29 is 9.47 Å². The minimum Gasteiger partial charge on any atom is -0.494 e. The van der Waals surface area contributed by atoms with Gasteiger partial charge in [0.15, 0.2) is 5.69 Å². The molecule has 1 aromatic heterocycles. The Kier molecular flexibility index (Phi) is 5.37. The van der Waals surface area contributed by atoms with Gasteiger partial charge < -0.3 is 9.47 Å². The summed E-state index contributed by atoms with van der Waals surface area (Å²) >= 11 is 0. The van der Waals surface area contributed by atoms with Gasteiger partial charge in [-0.25, -0.2) is 4.68 Å². The van der Waals surface area contributed by atoms with E-state index in [0.29, 0.717) is 36.2 Å². The second-order valence-corrected chi connectivity index (χ2v) is 5.27. The minimum atomic E-state index is 0.261. The second kappa shape index (κ2) is 7.46. The van der Waals surface area contributed by atoms with Gasteiger partial charge in [-0.05, 0) is 37.1 Å². The zero-order valence-electron chi connectivity index (χ0n) is 13.1. The molecule has 0 unspecified atom stereocenters. The van der Waals surface area contributed by atoms with E-state index in [1.165, 1.54) is 0 Å². The van der Waals surface area contributed by atoms with Crippen LogP contribution in [0.3, 0.4) is 0 Å². The summed E-state index contributed by atoms with van der Waals surface area (Å²) in [5.41, 5.74) is 1.01. The fraction of sp³-hybridized carbons (Fsp3) is 0.438. The van der Waals surface area contributed by atoms with E-state index in [0.717, 1.165) is 5.75 Å². The van der Waals surface area contributed by atoms with Gasteiger partial charge in [0.1, 0.15) is 29.9 Å². The summed E-state index contributed by atoms with van der Waals surface area (Å²) in [6.45, 7) is 7.71. The van der Waals surface area contributed by atoms with Crippen molar-refractivity contribution in [2.24, 2.45) is 5.92 Å². The molecule has 1 heterocycles. The standard InChI is InChI=1S/C16H20N4O2/c1-4-21-13-5-7-14(8-6-13)22-11-16-15(9-17)18-19-20(16)10-12(2)3/h5-8,12H,4,10-11H2,1-3H3. The van der Waals surface area contributed by atoms with Crippen molar-refractivity contribution in [3.8, 4) is 17.6 Å². The van der Waals surface area contributed by atoms with Crippen LogP contribution in [0.5, 0.6) is 11.5 Å². The number of benzene rings is 1. The van der Waals surface area contributed by atoms with Crippen LogP contribution in [0.1, 0.15) is 32.2 Å². The minimum absolute atomic E-state index is 0.261. The zero-order chi connectivity index (χ0) is 15.9. The van der Waals surface area contributed by atoms with E-state index in [1.807, 2.05) is 31.2 Å². The molecule has 0 amide bonds. The molecule has 2 rings (SSSR count). The van der Waals surface area contributed by atoms with Crippen LogP contribution in [0, 0.1) is 17.2 Å². The van der Waals surface area contributed by atoms with E-state index < -0.39 is 0 Å². The average Bonchev–Trinajstić information content (AvgIpc) is 2.88. The molecule has 0 fully saturated rings. The maximum Gasteiger partial charge on any atom is 0.189 e. The van der Waals surface area contributed by atoms with Crippen LogP contribution in [0.15, 0.2) is 24.3 Å². The van der Waals surface area contributed by atoms with Gasteiger partial charge in [0, 0.05) is 6.54 Å². The Morgan fingerprint density at radius 1 is 1.18 bits per heavy atom. The van der Waals surface area contributed by atoms with E-state index in [-0.39, 0.29) is 6.61 Å². The summed E-state index contributed by atoms with van der Waals surface area (Å²) in [6, 6.07) is 9.45. The summed E-state index contributed by atoms with van der Waals surface area (Å²) in [5.74, 6) is 1.93. The predicted molar refractivity (Wildman–Crippen MR) is 81.5 cm³/mol. The van der Waals surface area contributed by atoms with E-state index in [1.54, 1.807) is 4.68 Å². The van der Waals surface area contributed by atoms with E-state index in [4.69, 9.17) is 14.7 Å². The molecule has 0 radical (unpaired) electrons. The molecule has 0 saturated carbocycles. The van der Waals surface area contributed by atoms with E-state index in [9.17, 15) is 0 Å². The summed E-state index contributed by atoms with van der Waals surface area (Å²) in [7, 11) is 0. The van der Waals surface area contributed by atoms with Gasteiger partial charge in [0.2, 0.25) is 0 Å². The van der Waals surface area contributed by atoms with Crippen molar-refractivity contribution in [2.75, 3.05) is 6.61 Å². The topological polar surface area (TPSA) is 73.0 Å². The molecule has 0 N–H and O–H groups in total. The fourth-order valence-corrected chi connectivity index (χ4v) is 2.01. The Bertz CT molecular complexity index is 641. The number of nitriles is 1. The molecule has 6 nitrogen and oxygen atoms in total. The molecule has 0 bridgehead atoms. The van der Waals surface area contributed by atoms with Crippen LogP contribution in [0.4, 0.5) is 0 Å². The largest absolute Gasteiger partial charge is 0.494 e. The Balaban J connectivity index is 2.07. The highest BCUT2D eigenvalue weighted by molar-refractivity contribution is 5.32. The molecular formula is C16H20N4O2. The lowest BCUT2D eigenvalue weighted by atomic mass is 10.2. The summed E-state index contributed by atoms with van der Waals surface area (Å²) in [6.07, 6.45) is 0. The molecule has 116 valence electrons. The summed E-state index contributed by atoms with van der Waals surface area (Å²) in [4.78, 5) is 0. The quantitative estimate of drug-likeness (QED) is 0.786. The monoisotopic (exact) mass is 300 g/mol. The van der Waals surface area contributed by atoms with Crippen LogP contribution < -0.4 is 9.47 Å². The molecule has 0 atom stereocenters. The Morgan fingerprint density at radius 2 is 1.82 bits per heavy atom. The maximum absolute atomic E-state index is 9.12. The Hall–Kier alpha value is -2.55. The predicted octanol–water partition coefficient (Wildman–Crippen LogP) is 2.78. The molecule has 0 aliphatic rings. The first-order valence-electron chi connectivity index (χ1n) is 7.32. The number of hydrogen-bond donors (Lipinski definition) is 0. The Labute approximate surface area is 130 Å². The highest BCUT2D eigenvalue weighted by atomic mass is 16.5. The van der Waals surface area contributed by atoms with Gasteiger partial charge in [-0.2, -0.15) is 5.26 Å². The molecular weight excluding hydrogens is 280 g/mol. The summed E-state index contributed by atoms with van der Waals surface area (Å²) in [5, 5.41) is 17.0. The normalized spacial score (nSPS) is 10.5. The summed E-state index contributed by atoms with van der Waals surface area (Å²) < 4.78 is 12.9. The van der Waals surface area contributed by atoms with Gasteiger partial charge in [-0.3, -0.25) is 0 Å². The van der Waals surface area contributed by atoms with Crippen molar-refractivity contribution in [1.82, 2.24) is 15.0 Å². The van der Waals surface area contributed by atoms with Crippen LogP contribution in [-0.4, -0.2) is 21.6 Å². The SMILES string of the molecule is CCOc1ccc(OCc2c(C#N)nnn2CC(C)C)cc1. The lowest BCUT2D eigenvalue weighted by molar-refractivity contribution is 0.286. The number of nitrogens with zero attached hydrogens (tertiary/aromatic N) is 4. The second-order valence-electron chi connectivity index (χ2n) is 5.27. The molecule has 0 saturated heterocycles. The molecule has 0 spiro atoms. The van der Waals surface area contributed by atoms with Gasteiger partial charge in [0.25, 0.3) is 0 Å². The van der Waals surface area contributed by atoms with Crippen molar-refractivity contribution in [2.45, 2.75) is 33.9 Å². The lowest BCUT2D eigenvalue weighted by Gasteiger charge is -2.11. The van der Waals surface area contributed by atoms with Crippen molar-refractivity contribution in [1.29, 1.82) is 5.26 Å². The van der Waals surface area contributed by atoms with Gasteiger partial charge in [-0.15, -0.1) is 5.10 Å². The number of ether oxygens (including phenoxy) is 2. The third-order valence-electron chi connectivity index (χ3n) is 2.99. The van der Waals surface area contributed by atoms with E-state index in [2.05, 4.69) is 30.2 Å². The number of rotatable bonds is 7. The fourth-order valence-electron chi connectivity index (χ4n) is 2.01. The van der Waals surface area contributed by atoms with Crippen LogP contribution in [0.2, 0.25) is 0 Å². The zero-order valence-corrected chi connectivity index (χ0v) is 13.1. The molecule has 0 aliphatic heterocycles. The third kappa shape index (κ3) is 3.98. The van der Waals surface area contributed by atoms with Crippen molar-refractivity contribution in [3.63, 3.8) is 0 Å². The first-order valence-corrected chi connectivity index (χ1v) is 7.32. The number of hydrogen-bond acceptors (Lipinski definition) is 5. The third-order valence-corrected chi connectivity index (χ3v) is 2.99. The first-order chi connectivity index (χ1) is 10.6. The molecule has 0 aliphatic carbocycles. The highest BCUT2D eigenvalue weighted by Gasteiger charge is 2.14. The molecule has 1 aromatic carbocycles.